The Balaban J connectivity index is 1.59. The van der Waals surface area contributed by atoms with Gasteiger partial charge in [0.1, 0.15) is 11.9 Å². The lowest BCUT2D eigenvalue weighted by Gasteiger charge is -2.24. The second kappa shape index (κ2) is 9.49. The molecule has 0 radical (unpaired) electrons. The van der Waals surface area contributed by atoms with Gasteiger partial charge in [0.2, 0.25) is 0 Å². The summed E-state index contributed by atoms with van der Waals surface area (Å²) in [7, 11) is 1.61. The molecule has 1 aliphatic carbocycles. The first-order valence-electron chi connectivity index (χ1n) is 11.1. The van der Waals surface area contributed by atoms with E-state index in [4.69, 9.17) is 0 Å². The highest BCUT2D eigenvalue weighted by Crippen LogP contribution is 2.33. The van der Waals surface area contributed by atoms with E-state index >= 15 is 0 Å². The molecule has 11 heteroatoms. The molecule has 2 heterocycles. The number of nitrogens with zero attached hydrogens (tertiary/aromatic N) is 3. The number of amides is 1. The number of carbonyl (C=O) groups is 1. The van der Waals surface area contributed by atoms with Gasteiger partial charge in [-0.3, -0.25) is 14.3 Å². The number of fused-ring (bicyclic) bond motifs is 1. The summed E-state index contributed by atoms with van der Waals surface area (Å²) in [5, 5.41) is 10.9. The van der Waals surface area contributed by atoms with Crippen molar-refractivity contribution in [1.29, 1.82) is 0 Å². The van der Waals surface area contributed by atoms with Crippen LogP contribution in [0.4, 0.5) is 24.7 Å². The van der Waals surface area contributed by atoms with Gasteiger partial charge in [0.05, 0.1) is 5.52 Å². The van der Waals surface area contributed by atoms with Crippen LogP contribution in [0.25, 0.3) is 10.9 Å². The van der Waals surface area contributed by atoms with Crippen LogP contribution >= 0.6 is 0 Å². The first-order chi connectivity index (χ1) is 16.2. The number of carbonyl (C=O) groups excluding carboxylic acids is 1. The van der Waals surface area contributed by atoms with Gasteiger partial charge in [-0.2, -0.15) is 18.3 Å². The zero-order valence-electron chi connectivity index (χ0n) is 19.0. The Bertz CT molecular complexity index is 1250. The number of nitrogens with one attached hydrogen (secondary N) is 3. The minimum absolute atomic E-state index is 0.0680. The summed E-state index contributed by atoms with van der Waals surface area (Å²) in [6.07, 6.45) is -0.625. The normalized spacial score (nSPS) is 13.9. The standard InChI is InChI=1S/C23H27F3N6O2/c1-14-11-16(5-6-17(14)22(34)31(10-9-27-2)13-23(24,25)26)29-20-19-18(7-8-28-21(19)33)32(30-20)12-15-3-4-15/h5-8,11,15,27H,3-4,9-10,12-13H2,1-2H3,(H,28,33)(H,29,30). The zero-order valence-corrected chi connectivity index (χ0v) is 19.0. The number of anilines is 2. The van der Waals surface area contributed by atoms with Crippen molar-refractivity contribution in [1.82, 2.24) is 25.0 Å². The SMILES string of the molecule is CNCCN(CC(F)(F)F)C(=O)c1ccc(Nc2nn(CC3CC3)c3cc[nH]c(=O)c23)cc1C. The molecule has 1 aliphatic rings. The number of benzene rings is 1. The van der Waals surface area contributed by atoms with E-state index in [1.165, 1.54) is 6.07 Å². The maximum Gasteiger partial charge on any atom is 0.406 e. The fourth-order valence-electron chi connectivity index (χ4n) is 3.91. The highest BCUT2D eigenvalue weighted by molar-refractivity contribution is 5.96. The summed E-state index contributed by atoms with van der Waals surface area (Å²) in [4.78, 5) is 28.8. The van der Waals surface area contributed by atoms with E-state index in [1.807, 2.05) is 10.7 Å². The van der Waals surface area contributed by atoms with Gasteiger partial charge in [-0.05, 0) is 62.6 Å². The van der Waals surface area contributed by atoms with E-state index in [2.05, 4.69) is 20.7 Å². The lowest BCUT2D eigenvalue weighted by atomic mass is 10.1. The van der Waals surface area contributed by atoms with E-state index in [9.17, 15) is 22.8 Å². The molecule has 1 saturated carbocycles. The Morgan fingerprint density at radius 3 is 2.71 bits per heavy atom. The Morgan fingerprint density at radius 2 is 2.06 bits per heavy atom. The van der Waals surface area contributed by atoms with Crippen LogP contribution in [0.3, 0.4) is 0 Å². The molecule has 0 unspecified atom stereocenters. The topological polar surface area (TPSA) is 95.1 Å². The van der Waals surface area contributed by atoms with E-state index in [0.29, 0.717) is 28.4 Å². The summed E-state index contributed by atoms with van der Waals surface area (Å²) in [6.45, 7) is 1.25. The lowest BCUT2D eigenvalue weighted by Crippen LogP contribution is -2.42. The van der Waals surface area contributed by atoms with Crippen LogP contribution in [0.5, 0.6) is 0 Å². The minimum atomic E-state index is -4.49. The molecule has 0 saturated heterocycles. The largest absolute Gasteiger partial charge is 0.406 e. The molecule has 34 heavy (non-hydrogen) atoms. The number of alkyl halides is 3. The molecule has 4 rings (SSSR count). The summed E-state index contributed by atoms with van der Waals surface area (Å²) in [6, 6.07) is 6.58. The zero-order chi connectivity index (χ0) is 24.5. The van der Waals surface area contributed by atoms with Crippen molar-refractivity contribution in [2.45, 2.75) is 32.5 Å². The molecule has 1 aromatic carbocycles. The molecule has 3 aromatic rings. The molecule has 0 atom stereocenters. The predicted octanol–water partition coefficient (Wildman–Crippen LogP) is 3.41. The van der Waals surface area contributed by atoms with Crippen LogP contribution < -0.4 is 16.2 Å². The van der Waals surface area contributed by atoms with Crippen molar-refractivity contribution < 1.29 is 18.0 Å². The number of H-pyrrole nitrogens is 1. The van der Waals surface area contributed by atoms with Crippen LogP contribution in [0.1, 0.15) is 28.8 Å². The molecule has 3 N–H and O–H groups in total. The van der Waals surface area contributed by atoms with Gasteiger partial charge in [-0.25, -0.2) is 0 Å². The van der Waals surface area contributed by atoms with Crippen LogP contribution in [0.2, 0.25) is 0 Å². The third-order valence-electron chi connectivity index (χ3n) is 5.81. The van der Waals surface area contributed by atoms with E-state index in [1.54, 1.807) is 32.3 Å². The van der Waals surface area contributed by atoms with E-state index < -0.39 is 18.6 Å². The monoisotopic (exact) mass is 476 g/mol. The third-order valence-corrected chi connectivity index (χ3v) is 5.81. The fraction of sp³-hybridized carbons (Fsp3) is 0.435. The van der Waals surface area contributed by atoms with Crippen LogP contribution in [0, 0.1) is 12.8 Å². The molecular weight excluding hydrogens is 449 g/mol. The van der Waals surface area contributed by atoms with Crippen LogP contribution in [-0.4, -0.2) is 58.4 Å². The first kappa shape index (κ1) is 23.8. The minimum Gasteiger partial charge on any atom is -0.338 e. The first-order valence-corrected chi connectivity index (χ1v) is 11.1. The predicted molar refractivity (Wildman–Crippen MR) is 123 cm³/mol. The van der Waals surface area contributed by atoms with Gasteiger partial charge < -0.3 is 20.5 Å². The van der Waals surface area contributed by atoms with Crippen molar-refractivity contribution in [3.63, 3.8) is 0 Å². The molecule has 8 nitrogen and oxygen atoms in total. The Labute approximate surface area is 194 Å². The van der Waals surface area contributed by atoms with Crippen molar-refractivity contribution in [2.75, 3.05) is 32.0 Å². The van der Waals surface area contributed by atoms with E-state index in [0.717, 1.165) is 29.8 Å². The Hall–Kier alpha value is -3.34. The second-order valence-electron chi connectivity index (χ2n) is 8.64. The maximum absolute atomic E-state index is 13.0. The van der Waals surface area contributed by atoms with Crippen molar-refractivity contribution in [3.8, 4) is 0 Å². The molecule has 1 fully saturated rings. The average molecular weight is 477 g/mol. The van der Waals surface area contributed by atoms with Crippen LogP contribution in [-0.2, 0) is 6.54 Å². The van der Waals surface area contributed by atoms with Gasteiger partial charge in [0, 0.05) is 37.1 Å². The highest BCUT2D eigenvalue weighted by atomic mass is 19.4. The molecule has 182 valence electrons. The number of hydrogen-bond donors (Lipinski definition) is 3. The second-order valence-corrected chi connectivity index (χ2v) is 8.64. The highest BCUT2D eigenvalue weighted by Gasteiger charge is 2.33. The molecule has 0 spiro atoms. The summed E-state index contributed by atoms with van der Waals surface area (Å²) < 4.78 is 40.8. The number of aromatic nitrogens is 3. The molecule has 0 bridgehead atoms. The van der Waals surface area contributed by atoms with Gasteiger partial charge in [0.25, 0.3) is 11.5 Å². The maximum atomic E-state index is 13.0. The smallest absolute Gasteiger partial charge is 0.338 e. The Kier molecular flexibility index (Phi) is 6.65. The molecule has 2 aromatic heterocycles. The van der Waals surface area contributed by atoms with Gasteiger partial charge in [-0.1, -0.05) is 0 Å². The number of likely N-dealkylation sites (N-methyl/N-ethyl adjacent to an activating group) is 1. The van der Waals surface area contributed by atoms with Gasteiger partial charge in [0.15, 0.2) is 5.82 Å². The molecule has 1 amide bonds. The average Bonchev–Trinajstić information content (AvgIpc) is 3.52. The summed E-state index contributed by atoms with van der Waals surface area (Å²) >= 11 is 0. The van der Waals surface area contributed by atoms with Gasteiger partial charge in [-0.15, -0.1) is 0 Å². The number of hydrogen-bond acceptors (Lipinski definition) is 5. The molecular formula is C23H27F3N6O2. The van der Waals surface area contributed by atoms with Gasteiger partial charge >= 0.3 is 6.18 Å². The number of pyridine rings is 1. The summed E-state index contributed by atoms with van der Waals surface area (Å²) in [5.74, 6) is 0.265. The quantitative estimate of drug-likeness (QED) is 0.440. The fourth-order valence-corrected chi connectivity index (χ4v) is 3.91. The van der Waals surface area contributed by atoms with Crippen LogP contribution in [0.15, 0.2) is 35.3 Å². The number of halogens is 3. The van der Waals surface area contributed by atoms with Crippen molar-refractivity contribution >= 4 is 28.3 Å². The third kappa shape index (κ3) is 5.41. The van der Waals surface area contributed by atoms with E-state index in [-0.39, 0.29) is 24.2 Å². The molecule has 0 aliphatic heterocycles. The van der Waals surface area contributed by atoms with Crippen molar-refractivity contribution in [3.05, 3.63) is 51.9 Å². The summed E-state index contributed by atoms with van der Waals surface area (Å²) in [5.41, 5.74) is 1.75. The Morgan fingerprint density at radius 1 is 1.29 bits per heavy atom. The number of rotatable bonds is 9. The lowest BCUT2D eigenvalue weighted by molar-refractivity contribution is -0.140. The number of aromatic amines is 1. The van der Waals surface area contributed by atoms with Crippen molar-refractivity contribution in [2.24, 2.45) is 5.92 Å². The number of aryl methyl sites for hydroxylation is 1.